The van der Waals surface area contributed by atoms with Crippen LogP contribution in [0.5, 0.6) is 0 Å². The number of benzene rings is 1. The Balaban J connectivity index is 0.000000229. The largest absolute Gasteiger partial charge is 0.414 e. The summed E-state index contributed by atoms with van der Waals surface area (Å²) in [5.74, 6) is -0.392. The summed E-state index contributed by atoms with van der Waals surface area (Å²) in [7, 11) is 0. The number of nitrogens with zero attached hydrogens (tertiary/aromatic N) is 4. The first-order valence-corrected chi connectivity index (χ1v) is 9.81. The van der Waals surface area contributed by atoms with Gasteiger partial charge < -0.3 is 5.32 Å². The molecular weight excluding hydrogens is 467 g/mol. The normalized spacial score (nSPS) is 13.4. The predicted octanol–water partition coefficient (Wildman–Crippen LogP) is 6.27. The molecule has 1 aliphatic heterocycles. The Bertz CT molecular complexity index is 1160. The zero-order chi connectivity index (χ0) is 24.9. The third-order valence-corrected chi connectivity index (χ3v) is 4.58. The lowest BCUT2D eigenvalue weighted by Crippen LogP contribution is -2.22. The monoisotopic (exact) mass is 485 g/mol. The Kier molecular flexibility index (Phi) is 7.38. The molecule has 0 saturated heterocycles. The topological polar surface area (TPSA) is 55.6 Å². The van der Waals surface area contributed by atoms with Gasteiger partial charge >= 0.3 is 12.4 Å². The minimum Gasteiger partial charge on any atom is -0.345 e. The van der Waals surface area contributed by atoms with E-state index in [4.69, 9.17) is 0 Å². The fourth-order valence-electron chi connectivity index (χ4n) is 2.97. The molecule has 180 valence electrons. The van der Waals surface area contributed by atoms with Gasteiger partial charge in [0, 0.05) is 29.7 Å². The number of rotatable bonds is 3. The molecule has 0 spiro atoms. The van der Waals surface area contributed by atoms with Gasteiger partial charge in [-0.2, -0.15) is 31.4 Å². The van der Waals surface area contributed by atoms with Gasteiger partial charge in [-0.1, -0.05) is 6.08 Å². The van der Waals surface area contributed by atoms with Crippen molar-refractivity contribution in [2.24, 2.45) is 0 Å². The average molecular weight is 485 g/mol. The van der Waals surface area contributed by atoms with Crippen molar-refractivity contribution in [3.8, 4) is 11.3 Å². The van der Waals surface area contributed by atoms with Gasteiger partial charge in [0.05, 0.1) is 17.0 Å². The second-order valence-corrected chi connectivity index (χ2v) is 7.11. The van der Waals surface area contributed by atoms with Crippen molar-refractivity contribution in [3.05, 3.63) is 71.4 Å². The molecule has 3 aromatic rings. The molecule has 0 fully saturated rings. The molecule has 1 N–H and O–H groups in total. The summed E-state index contributed by atoms with van der Waals surface area (Å²) in [6.45, 7) is 0.672. The van der Waals surface area contributed by atoms with Crippen LogP contribution in [0.15, 0.2) is 54.4 Å². The third-order valence-electron chi connectivity index (χ3n) is 4.58. The number of fused-ring (bicyclic) bond motifs is 1. The van der Waals surface area contributed by atoms with Crippen molar-refractivity contribution in [2.45, 2.75) is 25.7 Å². The summed E-state index contributed by atoms with van der Waals surface area (Å²) in [6.07, 6.45) is -1.96. The maximum Gasteiger partial charge on any atom is 0.414 e. The van der Waals surface area contributed by atoms with E-state index in [1.54, 1.807) is 25.1 Å². The molecule has 0 bridgehead atoms. The van der Waals surface area contributed by atoms with Gasteiger partial charge in [-0.25, -0.2) is 19.0 Å². The minimum atomic E-state index is -4.39. The summed E-state index contributed by atoms with van der Waals surface area (Å²) in [5.41, 5.74) is 1.89. The summed E-state index contributed by atoms with van der Waals surface area (Å²) >= 11 is 0. The molecule has 3 heterocycles. The molecule has 5 nitrogen and oxygen atoms in total. The maximum absolute atomic E-state index is 13.0. The summed E-state index contributed by atoms with van der Waals surface area (Å²) in [4.78, 5) is 7.12. The van der Waals surface area contributed by atoms with E-state index in [2.05, 4.69) is 15.1 Å². The van der Waals surface area contributed by atoms with Crippen molar-refractivity contribution >= 4 is 18.2 Å². The summed E-state index contributed by atoms with van der Waals surface area (Å²) in [5, 5.41) is 6.28. The Hall–Kier alpha value is -3.70. The van der Waals surface area contributed by atoms with Crippen molar-refractivity contribution < 1.29 is 30.7 Å². The maximum atomic E-state index is 13.0. The molecule has 1 aromatic carbocycles. The lowest BCUT2D eigenvalue weighted by molar-refractivity contribution is -0.115. The molecule has 0 aliphatic carbocycles. The van der Waals surface area contributed by atoms with E-state index < -0.39 is 24.5 Å². The Morgan fingerprint density at radius 3 is 2.24 bits per heavy atom. The van der Waals surface area contributed by atoms with Crippen molar-refractivity contribution in [2.75, 3.05) is 11.9 Å². The predicted molar refractivity (Wildman–Crippen MR) is 113 cm³/mol. The van der Waals surface area contributed by atoms with Gasteiger partial charge in [0.2, 0.25) is 5.95 Å². The van der Waals surface area contributed by atoms with Gasteiger partial charge in [-0.05, 0) is 49.8 Å². The minimum absolute atomic E-state index is 0.0187. The van der Waals surface area contributed by atoms with Crippen LogP contribution in [0, 0.1) is 12.7 Å². The standard InChI is InChI=1S/C16H12F4N2.C6H6F3N3/c1-10-14-4-2-3-12(16(18,19)20)9-22(14)21-15(10)11-5-7-13(17)8-6-11;7-6(8,9)4-12-5-10-2-1-3-11-5/h2,4-9H,3H2,1H3;1-3H,4H2,(H,10,11,12). The van der Waals surface area contributed by atoms with Crippen molar-refractivity contribution in [1.82, 2.24) is 19.7 Å². The molecule has 1 aliphatic rings. The molecular formula is C22H18F7N5. The molecule has 4 rings (SSSR count). The zero-order valence-corrected chi connectivity index (χ0v) is 17.6. The van der Waals surface area contributed by atoms with Crippen LogP contribution >= 0.6 is 0 Å². The van der Waals surface area contributed by atoms with E-state index in [0.29, 0.717) is 17.0 Å². The number of alkyl halides is 6. The van der Waals surface area contributed by atoms with E-state index in [9.17, 15) is 30.7 Å². The molecule has 0 atom stereocenters. The van der Waals surface area contributed by atoms with Crippen LogP contribution in [0.2, 0.25) is 0 Å². The number of allylic oxidation sites excluding steroid dienone is 2. The molecule has 0 radical (unpaired) electrons. The van der Waals surface area contributed by atoms with E-state index in [1.165, 1.54) is 41.4 Å². The Labute approximate surface area is 189 Å². The van der Waals surface area contributed by atoms with Gasteiger partial charge in [0.1, 0.15) is 12.4 Å². The van der Waals surface area contributed by atoms with E-state index >= 15 is 0 Å². The third kappa shape index (κ3) is 6.65. The van der Waals surface area contributed by atoms with Crippen LogP contribution in [0.4, 0.5) is 36.7 Å². The van der Waals surface area contributed by atoms with Gasteiger partial charge in [0.25, 0.3) is 0 Å². The number of hydrogen-bond acceptors (Lipinski definition) is 4. The van der Waals surface area contributed by atoms with Crippen LogP contribution < -0.4 is 5.32 Å². The highest BCUT2D eigenvalue weighted by Gasteiger charge is 2.34. The quantitative estimate of drug-likeness (QED) is 0.445. The molecule has 2 aromatic heterocycles. The SMILES string of the molecule is Cc1c(-c2ccc(F)cc2)nn2c1C=CCC(C(F)(F)F)=C2.FC(F)(F)CNc1ncccn1. The Morgan fingerprint density at radius 1 is 1.00 bits per heavy atom. The van der Waals surface area contributed by atoms with Gasteiger partial charge in [-0.3, -0.25) is 0 Å². The van der Waals surface area contributed by atoms with Crippen LogP contribution in [-0.4, -0.2) is 38.6 Å². The van der Waals surface area contributed by atoms with E-state index in [-0.39, 0.29) is 18.2 Å². The van der Waals surface area contributed by atoms with Gasteiger partial charge in [-0.15, -0.1) is 0 Å². The average Bonchev–Trinajstić information content (AvgIpc) is 2.94. The van der Waals surface area contributed by atoms with Crippen LogP contribution in [0.25, 0.3) is 23.5 Å². The lowest BCUT2D eigenvalue weighted by atomic mass is 10.1. The first-order valence-electron chi connectivity index (χ1n) is 9.81. The number of aromatic nitrogens is 4. The number of hydrogen-bond donors (Lipinski definition) is 1. The highest BCUT2D eigenvalue weighted by Crippen LogP contribution is 2.33. The molecule has 0 amide bonds. The number of halogens is 7. The first-order chi connectivity index (χ1) is 15.9. The zero-order valence-electron chi connectivity index (χ0n) is 17.6. The summed E-state index contributed by atoms with van der Waals surface area (Å²) in [6, 6.07) is 7.24. The van der Waals surface area contributed by atoms with Gasteiger partial charge in [0.15, 0.2) is 0 Å². The highest BCUT2D eigenvalue weighted by atomic mass is 19.4. The number of anilines is 1. The van der Waals surface area contributed by atoms with Crippen LogP contribution in [0.3, 0.4) is 0 Å². The van der Waals surface area contributed by atoms with E-state index in [0.717, 1.165) is 11.8 Å². The number of nitrogens with one attached hydrogen (secondary N) is 1. The fraction of sp³-hybridized carbons (Fsp3) is 0.227. The summed E-state index contributed by atoms with van der Waals surface area (Å²) < 4.78 is 87.8. The molecule has 34 heavy (non-hydrogen) atoms. The van der Waals surface area contributed by atoms with Crippen molar-refractivity contribution in [1.29, 1.82) is 0 Å². The fourth-order valence-corrected chi connectivity index (χ4v) is 2.97. The van der Waals surface area contributed by atoms with Crippen molar-refractivity contribution in [3.63, 3.8) is 0 Å². The highest BCUT2D eigenvalue weighted by molar-refractivity contribution is 5.70. The van der Waals surface area contributed by atoms with Crippen LogP contribution in [-0.2, 0) is 0 Å². The molecule has 12 heteroatoms. The second-order valence-electron chi connectivity index (χ2n) is 7.11. The smallest absolute Gasteiger partial charge is 0.345 e. The first kappa shape index (κ1) is 24.9. The lowest BCUT2D eigenvalue weighted by Gasteiger charge is -2.08. The Morgan fingerprint density at radius 2 is 1.65 bits per heavy atom. The molecule has 0 unspecified atom stereocenters. The van der Waals surface area contributed by atoms with E-state index in [1.807, 2.05) is 5.32 Å². The van der Waals surface area contributed by atoms with Crippen LogP contribution in [0.1, 0.15) is 17.7 Å². The second kappa shape index (κ2) is 10.1. The molecule has 0 saturated carbocycles.